The van der Waals surface area contributed by atoms with Crippen molar-refractivity contribution in [3.63, 3.8) is 0 Å². The third-order valence-corrected chi connectivity index (χ3v) is 3.05. The van der Waals surface area contributed by atoms with Crippen LogP contribution in [-0.4, -0.2) is 6.04 Å². The molecule has 0 radical (unpaired) electrons. The molecule has 0 amide bonds. The van der Waals surface area contributed by atoms with Gasteiger partial charge in [0.1, 0.15) is 0 Å². The quantitative estimate of drug-likeness (QED) is 0.697. The summed E-state index contributed by atoms with van der Waals surface area (Å²) in [6.45, 7) is 0. The zero-order chi connectivity index (χ0) is 9.10. The lowest BCUT2D eigenvalue weighted by atomic mass is 9.80. The van der Waals surface area contributed by atoms with Crippen LogP contribution in [0.4, 0.5) is 0 Å². The molecular weight excluding hydrogens is 158 g/mol. The van der Waals surface area contributed by atoms with E-state index in [1.165, 1.54) is 31.2 Å². The smallest absolute Gasteiger partial charge is 0.0108 e. The molecule has 0 unspecified atom stereocenters. The lowest BCUT2D eigenvalue weighted by molar-refractivity contribution is 0.385. The van der Waals surface area contributed by atoms with Crippen molar-refractivity contribution in [2.75, 3.05) is 0 Å². The molecule has 2 N–H and O–H groups in total. The number of nitrogens with two attached hydrogens (primary N) is 1. The highest BCUT2D eigenvalue weighted by atomic mass is 14.7. The molecule has 1 aliphatic rings. The second-order valence-electron chi connectivity index (χ2n) is 3.97. The highest BCUT2D eigenvalue weighted by Crippen LogP contribution is 2.31. The van der Waals surface area contributed by atoms with Crippen molar-refractivity contribution in [2.45, 2.75) is 37.6 Å². The molecule has 13 heavy (non-hydrogen) atoms. The first kappa shape index (κ1) is 8.76. The molecule has 1 fully saturated rings. The first-order chi connectivity index (χ1) is 6.38. The average molecular weight is 175 g/mol. The minimum atomic E-state index is 0.385. The van der Waals surface area contributed by atoms with Gasteiger partial charge in [0.25, 0.3) is 0 Å². The van der Waals surface area contributed by atoms with E-state index >= 15 is 0 Å². The first-order valence-electron chi connectivity index (χ1n) is 5.18. The fourth-order valence-electron chi connectivity index (χ4n) is 2.27. The van der Waals surface area contributed by atoms with E-state index in [2.05, 4.69) is 30.3 Å². The van der Waals surface area contributed by atoms with Crippen molar-refractivity contribution >= 4 is 0 Å². The van der Waals surface area contributed by atoms with Crippen molar-refractivity contribution in [3.05, 3.63) is 35.9 Å². The third-order valence-electron chi connectivity index (χ3n) is 3.05. The Kier molecular flexibility index (Phi) is 2.65. The maximum absolute atomic E-state index is 6.11. The van der Waals surface area contributed by atoms with Crippen molar-refractivity contribution < 1.29 is 0 Å². The second kappa shape index (κ2) is 3.93. The lowest BCUT2D eigenvalue weighted by Gasteiger charge is -2.28. The van der Waals surface area contributed by atoms with Crippen LogP contribution in [-0.2, 0) is 0 Å². The van der Waals surface area contributed by atoms with E-state index in [0.717, 1.165) is 0 Å². The van der Waals surface area contributed by atoms with Gasteiger partial charge in [-0.15, -0.1) is 0 Å². The van der Waals surface area contributed by atoms with E-state index < -0.39 is 0 Å². The third kappa shape index (κ3) is 1.92. The Labute approximate surface area is 80.0 Å². The Morgan fingerprint density at radius 3 is 2.38 bits per heavy atom. The zero-order valence-corrected chi connectivity index (χ0v) is 7.95. The molecule has 0 aliphatic heterocycles. The molecule has 0 heterocycles. The van der Waals surface area contributed by atoms with Gasteiger partial charge in [-0.3, -0.25) is 0 Å². The van der Waals surface area contributed by atoms with Gasteiger partial charge in [-0.25, -0.2) is 0 Å². The second-order valence-corrected chi connectivity index (χ2v) is 3.97. The van der Waals surface area contributed by atoms with Crippen LogP contribution in [0.3, 0.4) is 0 Å². The summed E-state index contributed by atoms with van der Waals surface area (Å²) in [5.74, 6) is 0.606. The summed E-state index contributed by atoms with van der Waals surface area (Å²) in [5, 5.41) is 0. The fourth-order valence-corrected chi connectivity index (χ4v) is 2.27. The summed E-state index contributed by atoms with van der Waals surface area (Å²) >= 11 is 0. The van der Waals surface area contributed by atoms with Crippen LogP contribution in [0.15, 0.2) is 30.3 Å². The van der Waals surface area contributed by atoms with Gasteiger partial charge >= 0.3 is 0 Å². The van der Waals surface area contributed by atoms with E-state index in [1.54, 1.807) is 0 Å². The number of benzene rings is 1. The maximum Gasteiger partial charge on any atom is 0.0108 e. The number of hydrogen-bond acceptors (Lipinski definition) is 1. The van der Waals surface area contributed by atoms with E-state index in [-0.39, 0.29) is 0 Å². The van der Waals surface area contributed by atoms with Crippen molar-refractivity contribution in [3.8, 4) is 0 Å². The van der Waals surface area contributed by atoms with Gasteiger partial charge in [0.05, 0.1) is 0 Å². The van der Waals surface area contributed by atoms with Gasteiger partial charge in [-0.05, 0) is 24.3 Å². The fraction of sp³-hybridized carbons (Fsp3) is 0.500. The van der Waals surface area contributed by atoms with Crippen LogP contribution in [0, 0.1) is 0 Å². The summed E-state index contributed by atoms with van der Waals surface area (Å²) in [4.78, 5) is 0. The molecule has 1 nitrogen and oxygen atoms in total. The number of hydrogen-bond donors (Lipinski definition) is 1. The minimum absolute atomic E-state index is 0.385. The molecule has 0 bridgehead atoms. The Morgan fingerprint density at radius 2 is 1.69 bits per heavy atom. The van der Waals surface area contributed by atoms with E-state index in [1.807, 2.05) is 0 Å². The van der Waals surface area contributed by atoms with Gasteiger partial charge in [0.2, 0.25) is 0 Å². The molecule has 1 aromatic rings. The average Bonchev–Trinajstić information content (AvgIpc) is 2.20. The predicted octanol–water partition coefficient (Wildman–Crippen LogP) is 2.67. The Morgan fingerprint density at radius 1 is 1.00 bits per heavy atom. The van der Waals surface area contributed by atoms with Crippen molar-refractivity contribution in [1.82, 2.24) is 0 Å². The first-order valence-corrected chi connectivity index (χ1v) is 5.18. The van der Waals surface area contributed by atoms with Gasteiger partial charge in [-0.1, -0.05) is 43.2 Å². The topological polar surface area (TPSA) is 26.0 Å². The highest BCUT2D eigenvalue weighted by Gasteiger charge is 2.22. The minimum Gasteiger partial charge on any atom is -0.327 e. The van der Waals surface area contributed by atoms with E-state index in [9.17, 15) is 0 Å². The monoisotopic (exact) mass is 175 g/mol. The van der Waals surface area contributed by atoms with Gasteiger partial charge < -0.3 is 5.73 Å². The Hall–Kier alpha value is -0.820. The van der Waals surface area contributed by atoms with Crippen molar-refractivity contribution in [1.29, 1.82) is 0 Å². The van der Waals surface area contributed by atoms with Crippen LogP contribution in [0.25, 0.3) is 0 Å². The predicted molar refractivity (Wildman–Crippen MR) is 55.6 cm³/mol. The lowest BCUT2D eigenvalue weighted by Crippen LogP contribution is -2.31. The summed E-state index contributed by atoms with van der Waals surface area (Å²) in [6, 6.07) is 11.1. The maximum atomic E-state index is 6.11. The molecule has 0 aromatic heterocycles. The molecule has 2 atom stereocenters. The summed E-state index contributed by atoms with van der Waals surface area (Å²) in [5.41, 5.74) is 7.54. The summed E-state index contributed by atoms with van der Waals surface area (Å²) in [6.07, 6.45) is 5.11. The molecule has 0 spiro atoms. The van der Waals surface area contributed by atoms with E-state index in [4.69, 9.17) is 5.73 Å². The Balaban J connectivity index is 2.15. The molecule has 2 rings (SSSR count). The SMILES string of the molecule is N[C@@H]1CCCC[C@@H]1c1ccccc1. The summed E-state index contributed by atoms with van der Waals surface area (Å²) in [7, 11) is 0. The van der Waals surface area contributed by atoms with Crippen LogP contribution in [0.5, 0.6) is 0 Å². The molecule has 1 heteroatoms. The normalized spacial score (nSPS) is 28.7. The van der Waals surface area contributed by atoms with Gasteiger partial charge in [-0.2, -0.15) is 0 Å². The molecule has 0 saturated heterocycles. The van der Waals surface area contributed by atoms with Crippen LogP contribution in [0.1, 0.15) is 37.2 Å². The summed E-state index contributed by atoms with van der Waals surface area (Å²) < 4.78 is 0. The molecule has 1 aliphatic carbocycles. The van der Waals surface area contributed by atoms with Crippen molar-refractivity contribution in [2.24, 2.45) is 5.73 Å². The molecule has 70 valence electrons. The Bertz CT molecular complexity index is 255. The zero-order valence-electron chi connectivity index (χ0n) is 7.95. The molecule has 1 aromatic carbocycles. The van der Waals surface area contributed by atoms with E-state index in [0.29, 0.717) is 12.0 Å². The van der Waals surface area contributed by atoms with Crippen LogP contribution >= 0.6 is 0 Å². The molecule has 1 saturated carbocycles. The molecular formula is C12H17N. The standard InChI is InChI=1S/C12H17N/c13-12-9-5-4-8-11(12)10-6-2-1-3-7-10/h1-3,6-7,11-12H,4-5,8-9,13H2/t11-,12-/m1/s1. The van der Waals surface area contributed by atoms with Gasteiger partial charge in [0, 0.05) is 6.04 Å². The van der Waals surface area contributed by atoms with Gasteiger partial charge in [0.15, 0.2) is 0 Å². The van der Waals surface area contributed by atoms with Crippen LogP contribution in [0.2, 0.25) is 0 Å². The highest BCUT2D eigenvalue weighted by molar-refractivity contribution is 5.21. The largest absolute Gasteiger partial charge is 0.327 e. The number of rotatable bonds is 1. The van der Waals surface area contributed by atoms with Crippen LogP contribution < -0.4 is 5.73 Å².